The third kappa shape index (κ3) is 5.40. The van der Waals surface area contributed by atoms with Crippen LogP contribution in [0.4, 0.5) is 24.9 Å². The van der Waals surface area contributed by atoms with Crippen LogP contribution in [0, 0.1) is 23.4 Å². The average Bonchev–Trinajstić information content (AvgIpc) is 3.54. The number of piperidine rings is 1. The molecular weight excluding hydrogens is 499 g/mol. The molecule has 3 aromatic rings. The molecule has 2 aromatic heterocycles. The Bertz CT molecular complexity index is 1250. The van der Waals surface area contributed by atoms with Gasteiger partial charge in [-0.15, -0.1) is 0 Å². The van der Waals surface area contributed by atoms with Crippen LogP contribution in [-0.4, -0.2) is 58.4 Å². The van der Waals surface area contributed by atoms with Crippen LogP contribution in [0.2, 0.25) is 0 Å². The number of hydrogen-bond acceptors (Lipinski definition) is 9. The van der Waals surface area contributed by atoms with Gasteiger partial charge in [-0.3, -0.25) is 0 Å². The molecule has 5 rings (SSSR count). The average molecular weight is 532 g/mol. The van der Waals surface area contributed by atoms with Gasteiger partial charge in [0, 0.05) is 50.1 Å². The Labute approximate surface area is 219 Å². The molecule has 0 bridgehead atoms. The number of aromatic nitrogens is 4. The minimum Gasteiger partial charge on any atom is -0.460 e. The summed E-state index contributed by atoms with van der Waals surface area (Å²) in [5.41, 5.74) is 6.99. The number of rotatable bonds is 7. The zero-order chi connectivity index (χ0) is 27.0. The number of halogens is 3. The SMILES string of the molecule is CC(C)c1noc(N2CCC(C(C)Oc3ncc(N4CC(N)C(c5cc(F)c(F)cc5F)C4)cn3)CC2)n1. The Morgan fingerprint density at radius 3 is 2.32 bits per heavy atom. The topological polar surface area (TPSA) is 106 Å². The summed E-state index contributed by atoms with van der Waals surface area (Å²) < 4.78 is 52.8. The van der Waals surface area contributed by atoms with Gasteiger partial charge in [0.25, 0.3) is 0 Å². The first-order valence-electron chi connectivity index (χ1n) is 12.9. The summed E-state index contributed by atoms with van der Waals surface area (Å²) in [6, 6.07) is 1.83. The molecule has 0 saturated carbocycles. The fourth-order valence-corrected chi connectivity index (χ4v) is 5.14. The van der Waals surface area contributed by atoms with Gasteiger partial charge in [0.05, 0.1) is 18.1 Å². The minimum atomic E-state index is -1.22. The van der Waals surface area contributed by atoms with E-state index in [2.05, 4.69) is 25.0 Å². The normalized spacial score (nSPS) is 21.4. The summed E-state index contributed by atoms with van der Waals surface area (Å²) in [6.07, 6.45) is 5.00. The van der Waals surface area contributed by atoms with Gasteiger partial charge in [0.15, 0.2) is 17.5 Å². The highest BCUT2D eigenvalue weighted by molar-refractivity contribution is 5.46. The highest BCUT2D eigenvalue weighted by Gasteiger charge is 2.34. The molecule has 0 aliphatic carbocycles. The van der Waals surface area contributed by atoms with E-state index >= 15 is 0 Å². The Balaban J connectivity index is 1.15. The molecule has 38 heavy (non-hydrogen) atoms. The van der Waals surface area contributed by atoms with Crippen LogP contribution >= 0.6 is 0 Å². The Morgan fingerprint density at radius 1 is 0.974 bits per heavy atom. The van der Waals surface area contributed by atoms with Crippen molar-refractivity contribution in [2.45, 2.75) is 57.6 Å². The zero-order valence-corrected chi connectivity index (χ0v) is 21.6. The Morgan fingerprint density at radius 2 is 1.66 bits per heavy atom. The second kappa shape index (κ2) is 10.8. The van der Waals surface area contributed by atoms with E-state index in [0.29, 0.717) is 42.6 Å². The van der Waals surface area contributed by atoms with Gasteiger partial charge in [0.2, 0.25) is 0 Å². The van der Waals surface area contributed by atoms with E-state index in [1.807, 2.05) is 25.7 Å². The van der Waals surface area contributed by atoms with Crippen molar-refractivity contribution in [2.24, 2.45) is 11.7 Å². The Kier molecular flexibility index (Phi) is 7.42. The van der Waals surface area contributed by atoms with Crippen LogP contribution in [0.3, 0.4) is 0 Å². The number of hydrogen-bond donors (Lipinski definition) is 1. The number of nitrogens with two attached hydrogens (primary N) is 1. The molecular formula is C26H32F3N7O2. The molecule has 9 nitrogen and oxygen atoms in total. The van der Waals surface area contributed by atoms with Crippen molar-refractivity contribution in [1.82, 2.24) is 20.1 Å². The first kappa shape index (κ1) is 26.2. The predicted molar refractivity (Wildman–Crippen MR) is 135 cm³/mol. The van der Waals surface area contributed by atoms with Crippen molar-refractivity contribution in [3.63, 3.8) is 0 Å². The van der Waals surface area contributed by atoms with Crippen molar-refractivity contribution in [3.8, 4) is 6.01 Å². The molecule has 2 aliphatic rings. The number of benzene rings is 1. The van der Waals surface area contributed by atoms with E-state index in [0.717, 1.165) is 32.0 Å². The van der Waals surface area contributed by atoms with Crippen LogP contribution in [0.1, 0.15) is 56.8 Å². The molecule has 2 N–H and O–H groups in total. The quantitative estimate of drug-likeness (QED) is 0.453. The summed E-state index contributed by atoms with van der Waals surface area (Å²) in [7, 11) is 0. The molecule has 204 valence electrons. The molecule has 2 fully saturated rings. The molecule has 2 aliphatic heterocycles. The van der Waals surface area contributed by atoms with Gasteiger partial charge in [-0.2, -0.15) is 4.98 Å². The van der Waals surface area contributed by atoms with Gasteiger partial charge in [-0.25, -0.2) is 23.1 Å². The predicted octanol–water partition coefficient (Wildman–Crippen LogP) is 4.02. The number of anilines is 2. The van der Waals surface area contributed by atoms with Gasteiger partial charge in [-0.1, -0.05) is 19.0 Å². The van der Waals surface area contributed by atoms with Crippen LogP contribution in [0.15, 0.2) is 29.0 Å². The molecule has 1 aromatic carbocycles. The van der Waals surface area contributed by atoms with E-state index in [1.165, 1.54) is 0 Å². The second-order valence-electron chi connectivity index (χ2n) is 10.4. The van der Waals surface area contributed by atoms with Crippen molar-refractivity contribution in [1.29, 1.82) is 0 Å². The van der Waals surface area contributed by atoms with Crippen molar-refractivity contribution >= 4 is 11.7 Å². The summed E-state index contributed by atoms with van der Waals surface area (Å²) in [5.74, 6) is -2.35. The lowest BCUT2D eigenvalue weighted by molar-refractivity contribution is 0.120. The summed E-state index contributed by atoms with van der Waals surface area (Å²) in [5, 5.41) is 4.05. The highest BCUT2D eigenvalue weighted by Crippen LogP contribution is 2.33. The van der Waals surface area contributed by atoms with Crippen molar-refractivity contribution in [3.05, 3.63) is 53.4 Å². The molecule has 3 unspecified atom stereocenters. The fraction of sp³-hybridized carbons (Fsp3) is 0.538. The van der Waals surface area contributed by atoms with E-state index in [1.54, 1.807) is 12.4 Å². The smallest absolute Gasteiger partial charge is 0.324 e. The van der Waals surface area contributed by atoms with Gasteiger partial charge in [0.1, 0.15) is 11.9 Å². The monoisotopic (exact) mass is 531 g/mol. The second-order valence-corrected chi connectivity index (χ2v) is 10.4. The van der Waals surface area contributed by atoms with E-state index < -0.39 is 29.4 Å². The van der Waals surface area contributed by atoms with E-state index in [9.17, 15) is 13.2 Å². The number of ether oxygens (including phenoxy) is 1. The lowest BCUT2D eigenvalue weighted by atomic mass is 9.92. The highest BCUT2D eigenvalue weighted by atomic mass is 19.2. The van der Waals surface area contributed by atoms with Gasteiger partial charge in [-0.05, 0) is 37.3 Å². The lowest BCUT2D eigenvalue weighted by Crippen LogP contribution is -2.39. The van der Waals surface area contributed by atoms with Crippen molar-refractivity contribution < 1.29 is 22.4 Å². The minimum absolute atomic E-state index is 0.0686. The van der Waals surface area contributed by atoms with E-state index in [-0.39, 0.29) is 23.6 Å². The molecule has 0 amide bonds. The standard InChI is InChI=1S/C26H32F3N7O2/c1-14(2)24-33-26(38-34-24)35-6-4-16(5-7-35)15(3)37-25-31-10-17(11-32-25)36-12-19(23(30)13-36)18-8-21(28)22(29)9-20(18)27/h8-11,14-16,19,23H,4-7,12-13,30H2,1-3H3. The maximum absolute atomic E-state index is 14.3. The maximum atomic E-state index is 14.3. The number of nitrogens with zero attached hydrogens (tertiary/aromatic N) is 6. The molecule has 0 spiro atoms. The molecule has 12 heteroatoms. The summed E-state index contributed by atoms with van der Waals surface area (Å²) >= 11 is 0. The van der Waals surface area contributed by atoms with Gasteiger partial charge >= 0.3 is 12.0 Å². The third-order valence-corrected chi connectivity index (χ3v) is 7.50. The fourth-order valence-electron chi connectivity index (χ4n) is 5.14. The summed E-state index contributed by atoms with van der Waals surface area (Å²) in [4.78, 5) is 17.2. The van der Waals surface area contributed by atoms with E-state index in [4.69, 9.17) is 15.0 Å². The molecule has 3 atom stereocenters. The third-order valence-electron chi connectivity index (χ3n) is 7.50. The first-order chi connectivity index (χ1) is 18.2. The van der Waals surface area contributed by atoms with Crippen LogP contribution in [-0.2, 0) is 0 Å². The van der Waals surface area contributed by atoms with Crippen LogP contribution < -0.4 is 20.3 Å². The maximum Gasteiger partial charge on any atom is 0.324 e. The van der Waals surface area contributed by atoms with Gasteiger partial charge < -0.3 is 24.8 Å². The first-order valence-corrected chi connectivity index (χ1v) is 12.9. The largest absolute Gasteiger partial charge is 0.460 e. The molecule has 4 heterocycles. The van der Waals surface area contributed by atoms with Crippen LogP contribution in [0.25, 0.3) is 0 Å². The van der Waals surface area contributed by atoms with Crippen molar-refractivity contribution in [2.75, 3.05) is 36.0 Å². The zero-order valence-electron chi connectivity index (χ0n) is 21.6. The molecule has 2 saturated heterocycles. The summed E-state index contributed by atoms with van der Waals surface area (Å²) in [6.45, 7) is 8.41. The molecule has 0 radical (unpaired) electrons. The lowest BCUT2D eigenvalue weighted by Gasteiger charge is -2.33. The van der Waals surface area contributed by atoms with Crippen LogP contribution in [0.5, 0.6) is 6.01 Å². The Hall–Kier alpha value is -3.41.